The molecule has 4 heteroatoms. The van der Waals surface area contributed by atoms with Crippen LogP contribution in [-0.4, -0.2) is 23.7 Å². The molecule has 0 aromatic heterocycles. The van der Waals surface area contributed by atoms with E-state index in [1.807, 2.05) is 19.9 Å². The maximum absolute atomic E-state index is 13.1. The number of hydrogen-bond donors (Lipinski definition) is 2. The first-order valence-electron chi connectivity index (χ1n) is 7.08. The van der Waals surface area contributed by atoms with Crippen molar-refractivity contribution in [2.24, 2.45) is 5.92 Å². The Morgan fingerprint density at radius 1 is 1.35 bits per heavy atom. The number of carbonyl (C=O) groups excluding carboxylic acids is 1. The predicted molar refractivity (Wildman–Crippen MR) is 77.9 cm³/mol. The zero-order valence-electron chi connectivity index (χ0n) is 12.4. The highest BCUT2D eigenvalue weighted by molar-refractivity contribution is 5.76. The van der Waals surface area contributed by atoms with Crippen molar-refractivity contribution < 1.29 is 14.3 Å². The van der Waals surface area contributed by atoms with E-state index in [0.717, 1.165) is 5.56 Å². The first-order valence-corrected chi connectivity index (χ1v) is 7.08. The molecule has 3 unspecified atom stereocenters. The molecule has 2 N–H and O–H groups in total. The van der Waals surface area contributed by atoms with Crippen LogP contribution in [0.5, 0.6) is 0 Å². The lowest BCUT2D eigenvalue weighted by Crippen LogP contribution is -2.30. The summed E-state index contributed by atoms with van der Waals surface area (Å²) in [7, 11) is 0. The van der Waals surface area contributed by atoms with Crippen molar-refractivity contribution >= 4 is 5.91 Å². The van der Waals surface area contributed by atoms with Gasteiger partial charge in [-0.1, -0.05) is 26.0 Å². The highest BCUT2D eigenvalue weighted by Gasteiger charge is 2.13. The maximum atomic E-state index is 13.1. The topological polar surface area (TPSA) is 49.3 Å². The molecular formula is C16H24FNO2. The smallest absolute Gasteiger partial charge is 0.220 e. The molecule has 1 aromatic rings. The number of rotatable bonds is 7. The fourth-order valence-electron chi connectivity index (χ4n) is 2.23. The van der Waals surface area contributed by atoms with Gasteiger partial charge in [-0.15, -0.1) is 0 Å². The standard InChI is InChI=1S/C16H24FNO2/c1-11(7-13(3)19)10-18-16(20)8-12(2)14-5-4-6-15(17)9-14/h4-6,9,11-13,19H,7-8,10H2,1-3H3,(H,18,20). The van der Waals surface area contributed by atoms with Crippen molar-refractivity contribution in [2.75, 3.05) is 6.54 Å². The molecule has 20 heavy (non-hydrogen) atoms. The van der Waals surface area contributed by atoms with Crippen LogP contribution in [0.3, 0.4) is 0 Å². The Morgan fingerprint density at radius 2 is 2.05 bits per heavy atom. The second-order valence-corrected chi connectivity index (χ2v) is 5.65. The summed E-state index contributed by atoms with van der Waals surface area (Å²) in [5, 5.41) is 12.1. The molecule has 1 amide bonds. The Hall–Kier alpha value is -1.42. The highest BCUT2D eigenvalue weighted by atomic mass is 19.1. The van der Waals surface area contributed by atoms with E-state index in [1.165, 1.54) is 12.1 Å². The molecule has 0 saturated carbocycles. The van der Waals surface area contributed by atoms with Crippen LogP contribution >= 0.6 is 0 Å². The van der Waals surface area contributed by atoms with E-state index < -0.39 is 0 Å². The minimum atomic E-state index is -0.354. The molecule has 0 bridgehead atoms. The summed E-state index contributed by atoms with van der Waals surface area (Å²) < 4.78 is 13.1. The minimum absolute atomic E-state index is 0.0160. The molecule has 0 radical (unpaired) electrons. The Bertz CT molecular complexity index is 434. The molecular weight excluding hydrogens is 257 g/mol. The molecule has 0 aliphatic heterocycles. The number of benzene rings is 1. The van der Waals surface area contributed by atoms with E-state index in [0.29, 0.717) is 19.4 Å². The first kappa shape index (κ1) is 16.6. The quantitative estimate of drug-likeness (QED) is 0.807. The summed E-state index contributed by atoms with van der Waals surface area (Å²) in [4.78, 5) is 11.8. The van der Waals surface area contributed by atoms with E-state index >= 15 is 0 Å². The highest BCUT2D eigenvalue weighted by Crippen LogP contribution is 2.19. The monoisotopic (exact) mass is 281 g/mol. The number of hydrogen-bond acceptors (Lipinski definition) is 2. The van der Waals surface area contributed by atoms with E-state index in [1.54, 1.807) is 13.0 Å². The van der Waals surface area contributed by atoms with Crippen LogP contribution < -0.4 is 5.32 Å². The van der Waals surface area contributed by atoms with E-state index in [2.05, 4.69) is 5.32 Å². The fraction of sp³-hybridized carbons (Fsp3) is 0.562. The summed E-state index contributed by atoms with van der Waals surface area (Å²) in [5.41, 5.74) is 0.831. The lowest BCUT2D eigenvalue weighted by atomic mass is 9.97. The third-order valence-electron chi connectivity index (χ3n) is 3.30. The van der Waals surface area contributed by atoms with Gasteiger partial charge < -0.3 is 10.4 Å². The fourth-order valence-corrected chi connectivity index (χ4v) is 2.23. The first-order chi connectivity index (χ1) is 9.38. The van der Waals surface area contributed by atoms with Gasteiger partial charge in [0.05, 0.1) is 6.10 Å². The van der Waals surface area contributed by atoms with Crippen LogP contribution in [0.4, 0.5) is 4.39 Å². The Kier molecular flexibility index (Phi) is 6.65. The predicted octanol–water partition coefficient (Wildman–Crippen LogP) is 2.84. The van der Waals surface area contributed by atoms with E-state index in [9.17, 15) is 14.3 Å². The molecule has 0 spiro atoms. The average molecular weight is 281 g/mol. The number of amides is 1. The summed E-state index contributed by atoms with van der Waals surface area (Å²) >= 11 is 0. The van der Waals surface area contributed by atoms with Gasteiger partial charge in [-0.05, 0) is 42.9 Å². The Morgan fingerprint density at radius 3 is 2.65 bits per heavy atom. The lowest BCUT2D eigenvalue weighted by molar-refractivity contribution is -0.121. The molecule has 0 aliphatic rings. The maximum Gasteiger partial charge on any atom is 0.220 e. The van der Waals surface area contributed by atoms with Crippen LogP contribution in [0.1, 0.15) is 45.1 Å². The number of aliphatic hydroxyl groups is 1. The molecule has 0 fully saturated rings. The molecule has 3 nitrogen and oxygen atoms in total. The van der Waals surface area contributed by atoms with Gasteiger partial charge in [-0.3, -0.25) is 4.79 Å². The lowest BCUT2D eigenvalue weighted by Gasteiger charge is -2.16. The molecule has 0 aliphatic carbocycles. The summed E-state index contributed by atoms with van der Waals surface area (Å²) in [6.45, 7) is 6.19. The van der Waals surface area contributed by atoms with Gasteiger partial charge in [0, 0.05) is 13.0 Å². The number of aliphatic hydroxyl groups excluding tert-OH is 1. The summed E-state index contributed by atoms with van der Waals surface area (Å²) in [5.74, 6) is -0.0966. The third-order valence-corrected chi connectivity index (χ3v) is 3.30. The molecule has 112 valence electrons. The van der Waals surface area contributed by atoms with Crippen LogP contribution in [0, 0.1) is 11.7 Å². The van der Waals surface area contributed by atoms with Crippen molar-refractivity contribution in [3.63, 3.8) is 0 Å². The number of carbonyl (C=O) groups is 1. The summed E-state index contributed by atoms with van der Waals surface area (Å²) in [6, 6.07) is 6.35. The van der Waals surface area contributed by atoms with Gasteiger partial charge in [-0.2, -0.15) is 0 Å². The Labute approximate surface area is 120 Å². The SMILES string of the molecule is CC(O)CC(C)CNC(=O)CC(C)c1cccc(F)c1. The van der Waals surface area contributed by atoms with E-state index in [4.69, 9.17) is 0 Å². The average Bonchev–Trinajstić information content (AvgIpc) is 2.35. The number of halogens is 1. The zero-order valence-corrected chi connectivity index (χ0v) is 12.4. The van der Waals surface area contributed by atoms with Gasteiger partial charge >= 0.3 is 0 Å². The van der Waals surface area contributed by atoms with Crippen LogP contribution in [-0.2, 0) is 4.79 Å². The van der Waals surface area contributed by atoms with Gasteiger partial charge in [0.15, 0.2) is 0 Å². The Balaban J connectivity index is 2.38. The van der Waals surface area contributed by atoms with Gasteiger partial charge in [-0.25, -0.2) is 4.39 Å². The van der Waals surface area contributed by atoms with Crippen molar-refractivity contribution in [3.05, 3.63) is 35.6 Å². The zero-order chi connectivity index (χ0) is 15.1. The number of nitrogens with one attached hydrogen (secondary N) is 1. The molecule has 3 atom stereocenters. The van der Waals surface area contributed by atoms with Gasteiger partial charge in [0.1, 0.15) is 5.82 Å². The van der Waals surface area contributed by atoms with Crippen LogP contribution in [0.25, 0.3) is 0 Å². The van der Waals surface area contributed by atoms with Gasteiger partial charge in [0.2, 0.25) is 5.91 Å². The van der Waals surface area contributed by atoms with Crippen molar-refractivity contribution in [3.8, 4) is 0 Å². The molecule has 0 saturated heterocycles. The van der Waals surface area contributed by atoms with Crippen molar-refractivity contribution in [2.45, 2.75) is 45.6 Å². The van der Waals surface area contributed by atoms with E-state index in [-0.39, 0.29) is 29.7 Å². The molecule has 0 heterocycles. The van der Waals surface area contributed by atoms with Crippen LogP contribution in [0.15, 0.2) is 24.3 Å². The normalized spacial score (nSPS) is 15.4. The second-order valence-electron chi connectivity index (χ2n) is 5.65. The third kappa shape index (κ3) is 6.15. The van der Waals surface area contributed by atoms with Crippen molar-refractivity contribution in [1.29, 1.82) is 0 Å². The summed E-state index contributed by atoms with van der Waals surface area (Å²) in [6.07, 6.45) is 0.651. The molecule has 1 rings (SSSR count). The largest absolute Gasteiger partial charge is 0.393 e. The van der Waals surface area contributed by atoms with Gasteiger partial charge in [0.25, 0.3) is 0 Å². The van der Waals surface area contributed by atoms with Crippen LogP contribution in [0.2, 0.25) is 0 Å². The second kappa shape index (κ2) is 8.00. The molecule has 1 aromatic carbocycles. The minimum Gasteiger partial charge on any atom is -0.393 e. The van der Waals surface area contributed by atoms with Crippen molar-refractivity contribution in [1.82, 2.24) is 5.32 Å².